The van der Waals surface area contributed by atoms with Crippen LogP contribution < -0.4 is 5.32 Å². The highest BCUT2D eigenvalue weighted by molar-refractivity contribution is 6.02. The number of hydrogen-bond acceptors (Lipinski definition) is 5. The number of allylic oxidation sites excluding steroid dienone is 1. The molecule has 1 aromatic carbocycles. The molecule has 4 rings (SSSR count). The minimum Gasteiger partial charge on any atom is -0.338 e. The Morgan fingerprint density at radius 3 is 2.47 bits per heavy atom. The third-order valence-corrected chi connectivity index (χ3v) is 5.86. The molecule has 1 saturated heterocycles. The van der Waals surface area contributed by atoms with Gasteiger partial charge in [-0.25, -0.2) is 4.99 Å². The van der Waals surface area contributed by atoms with Gasteiger partial charge in [0.1, 0.15) is 0 Å². The van der Waals surface area contributed by atoms with Crippen molar-refractivity contribution in [3.8, 4) is 0 Å². The average Bonchev–Trinajstić information content (AvgIpc) is 2.71. The molecule has 1 aromatic rings. The quantitative estimate of drug-likeness (QED) is 0.739. The molecule has 0 saturated carbocycles. The number of hydrazone groups is 1. The van der Waals surface area contributed by atoms with Gasteiger partial charge in [-0.1, -0.05) is 20.8 Å². The zero-order chi connectivity index (χ0) is 21.6. The van der Waals surface area contributed by atoms with Crippen molar-refractivity contribution in [3.05, 3.63) is 34.4 Å². The van der Waals surface area contributed by atoms with Crippen LogP contribution in [-0.2, 0) is 6.18 Å². The van der Waals surface area contributed by atoms with Crippen molar-refractivity contribution < 1.29 is 13.2 Å². The standard InChI is InChI=1S/C22H28F3N5/c1-5-15-10-14(4)28-30-20(15)18-12-16(22(23,24)25)11-17(13(2)3)19(18)27-21(30)29-8-6-26-7-9-29/h11-13,26H,5-10H2,1-4H3. The number of benzene rings is 1. The summed E-state index contributed by atoms with van der Waals surface area (Å²) in [7, 11) is 0. The lowest BCUT2D eigenvalue weighted by atomic mass is 9.89. The SMILES string of the molecule is CCC1=C2c3cc(C(F)(F)F)cc(C(C)C)c3N=C(N3CCNCC3)N2N=C(C)C1. The van der Waals surface area contributed by atoms with Crippen molar-refractivity contribution in [2.24, 2.45) is 10.1 Å². The molecule has 0 amide bonds. The van der Waals surface area contributed by atoms with E-state index in [2.05, 4.69) is 10.2 Å². The summed E-state index contributed by atoms with van der Waals surface area (Å²) in [5.74, 6) is 0.630. The highest BCUT2D eigenvalue weighted by atomic mass is 19.4. The molecule has 0 bridgehead atoms. The third kappa shape index (κ3) is 3.62. The summed E-state index contributed by atoms with van der Waals surface area (Å²) in [4.78, 5) is 7.11. The minimum absolute atomic E-state index is 0.0832. The Morgan fingerprint density at radius 1 is 1.17 bits per heavy atom. The maximum atomic E-state index is 13.7. The molecule has 0 unspecified atom stereocenters. The lowest BCUT2D eigenvalue weighted by Gasteiger charge is -2.41. The molecule has 3 heterocycles. The van der Waals surface area contributed by atoms with Crippen molar-refractivity contribution in [1.29, 1.82) is 0 Å². The van der Waals surface area contributed by atoms with Crippen LogP contribution in [0, 0.1) is 0 Å². The van der Waals surface area contributed by atoms with Gasteiger partial charge in [0.15, 0.2) is 0 Å². The number of fused-ring (bicyclic) bond motifs is 3. The van der Waals surface area contributed by atoms with E-state index in [0.29, 0.717) is 29.2 Å². The summed E-state index contributed by atoms with van der Waals surface area (Å²) in [5, 5.41) is 9.87. The normalized spacial score (nSPS) is 19.6. The number of aliphatic imine (C=N–C) groups is 1. The van der Waals surface area contributed by atoms with E-state index in [9.17, 15) is 13.2 Å². The first-order valence-electron chi connectivity index (χ1n) is 10.6. The van der Waals surface area contributed by atoms with E-state index < -0.39 is 11.7 Å². The first-order valence-corrected chi connectivity index (χ1v) is 10.6. The molecule has 3 aliphatic rings. The van der Waals surface area contributed by atoms with Gasteiger partial charge in [0.05, 0.1) is 16.9 Å². The van der Waals surface area contributed by atoms with E-state index in [1.807, 2.05) is 27.7 Å². The third-order valence-electron chi connectivity index (χ3n) is 5.86. The van der Waals surface area contributed by atoms with Crippen LogP contribution in [0.2, 0.25) is 0 Å². The predicted octanol–water partition coefficient (Wildman–Crippen LogP) is 4.94. The number of hydrogen-bond donors (Lipinski definition) is 1. The fourth-order valence-electron chi connectivity index (χ4n) is 4.32. The zero-order valence-corrected chi connectivity index (χ0v) is 17.9. The van der Waals surface area contributed by atoms with Gasteiger partial charge in [0.2, 0.25) is 5.96 Å². The number of halogens is 3. The van der Waals surface area contributed by atoms with Crippen LogP contribution in [0.3, 0.4) is 0 Å². The Labute approximate surface area is 175 Å². The maximum Gasteiger partial charge on any atom is 0.416 e. The van der Waals surface area contributed by atoms with E-state index in [-0.39, 0.29) is 5.92 Å². The van der Waals surface area contributed by atoms with Crippen molar-refractivity contribution in [1.82, 2.24) is 15.2 Å². The molecule has 0 spiro atoms. The Kier molecular flexibility index (Phi) is 5.38. The van der Waals surface area contributed by atoms with Crippen LogP contribution in [0.15, 0.2) is 27.8 Å². The molecule has 30 heavy (non-hydrogen) atoms. The van der Waals surface area contributed by atoms with Crippen LogP contribution in [0.25, 0.3) is 5.70 Å². The van der Waals surface area contributed by atoms with Crippen molar-refractivity contribution >= 4 is 23.1 Å². The summed E-state index contributed by atoms with van der Waals surface area (Å²) in [5.41, 5.74) is 4.01. The summed E-state index contributed by atoms with van der Waals surface area (Å²) < 4.78 is 41.2. The molecular formula is C22H28F3N5. The maximum absolute atomic E-state index is 13.7. The van der Waals surface area contributed by atoms with E-state index in [1.165, 1.54) is 12.1 Å². The van der Waals surface area contributed by atoms with E-state index in [0.717, 1.165) is 49.6 Å². The second-order valence-electron chi connectivity index (χ2n) is 8.39. The number of nitrogens with zero attached hydrogens (tertiary/aromatic N) is 4. The van der Waals surface area contributed by atoms with Crippen LogP contribution in [0.5, 0.6) is 0 Å². The smallest absolute Gasteiger partial charge is 0.338 e. The van der Waals surface area contributed by atoms with Gasteiger partial charge in [-0.15, -0.1) is 0 Å². The van der Waals surface area contributed by atoms with Crippen LogP contribution >= 0.6 is 0 Å². The van der Waals surface area contributed by atoms with E-state index in [4.69, 9.17) is 10.1 Å². The van der Waals surface area contributed by atoms with Crippen molar-refractivity contribution in [2.45, 2.75) is 52.6 Å². The molecule has 1 N–H and O–H groups in total. The average molecular weight is 419 g/mol. The molecule has 0 radical (unpaired) electrons. The lowest BCUT2D eigenvalue weighted by Crippen LogP contribution is -2.52. The van der Waals surface area contributed by atoms with Gasteiger partial charge < -0.3 is 10.2 Å². The highest BCUT2D eigenvalue weighted by Crippen LogP contribution is 2.46. The molecular weight excluding hydrogens is 391 g/mol. The Morgan fingerprint density at radius 2 is 1.87 bits per heavy atom. The van der Waals surface area contributed by atoms with Gasteiger partial charge in [-0.3, -0.25) is 0 Å². The molecule has 0 aromatic heterocycles. The number of piperazine rings is 1. The summed E-state index contributed by atoms with van der Waals surface area (Å²) >= 11 is 0. The van der Waals surface area contributed by atoms with Gasteiger partial charge >= 0.3 is 6.18 Å². The highest BCUT2D eigenvalue weighted by Gasteiger charge is 2.38. The molecule has 0 atom stereocenters. The Hall–Kier alpha value is -2.35. The van der Waals surface area contributed by atoms with Gasteiger partial charge in [-0.05, 0) is 42.5 Å². The van der Waals surface area contributed by atoms with E-state index >= 15 is 0 Å². The molecule has 162 valence electrons. The summed E-state index contributed by atoms with van der Waals surface area (Å²) in [6.07, 6.45) is -2.99. The number of guanidine groups is 1. The van der Waals surface area contributed by atoms with Crippen molar-refractivity contribution in [2.75, 3.05) is 26.2 Å². The van der Waals surface area contributed by atoms with Crippen molar-refractivity contribution in [3.63, 3.8) is 0 Å². The fraction of sp³-hybridized carbons (Fsp3) is 0.545. The molecule has 1 fully saturated rings. The fourth-order valence-corrected chi connectivity index (χ4v) is 4.32. The predicted molar refractivity (Wildman–Crippen MR) is 114 cm³/mol. The van der Waals surface area contributed by atoms with Gasteiger partial charge in [0.25, 0.3) is 0 Å². The second-order valence-corrected chi connectivity index (χ2v) is 8.39. The molecule has 3 aliphatic heterocycles. The number of rotatable bonds is 2. The van der Waals surface area contributed by atoms with Crippen LogP contribution in [0.1, 0.15) is 63.1 Å². The van der Waals surface area contributed by atoms with E-state index in [1.54, 1.807) is 5.01 Å². The van der Waals surface area contributed by atoms with Gasteiger partial charge in [0, 0.05) is 43.9 Å². The first-order chi connectivity index (χ1) is 14.2. The molecule has 0 aliphatic carbocycles. The van der Waals surface area contributed by atoms with Crippen LogP contribution in [0.4, 0.5) is 18.9 Å². The monoisotopic (exact) mass is 419 g/mol. The first kappa shape index (κ1) is 20.9. The summed E-state index contributed by atoms with van der Waals surface area (Å²) in [6, 6.07) is 2.52. The molecule has 8 heteroatoms. The Balaban J connectivity index is 2.00. The second kappa shape index (κ2) is 7.72. The molecule has 5 nitrogen and oxygen atoms in total. The van der Waals surface area contributed by atoms with Gasteiger partial charge in [-0.2, -0.15) is 23.3 Å². The number of alkyl halides is 3. The lowest BCUT2D eigenvalue weighted by molar-refractivity contribution is -0.137. The number of nitrogens with one attached hydrogen (secondary N) is 1. The van der Waals surface area contributed by atoms with Crippen LogP contribution in [-0.4, -0.2) is 47.8 Å². The zero-order valence-electron chi connectivity index (χ0n) is 17.9. The Bertz CT molecular complexity index is 937. The largest absolute Gasteiger partial charge is 0.416 e. The minimum atomic E-state index is -4.41. The topological polar surface area (TPSA) is 43.2 Å². The summed E-state index contributed by atoms with van der Waals surface area (Å²) in [6.45, 7) is 11.1.